The van der Waals surface area contributed by atoms with E-state index in [-0.39, 0.29) is 41.5 Å². The van der Waals surface area contributed by atoms with Crippen LogP contribution in [0.25, 0.3) is 32.9 Å². The number of hydrogen-bond donors (Lipinski definition) is 1. The molecule has 2 aromatic heterocycles. The van der Waals surface area contributed by atoms with Crippen molar-refractivity contribution in [3.63, 3.8) is 0 Å². The first-order chi connectivity index (χ1) is 22.7. The molecule has 0 aliphatic carbocycles. The predicted molar refractivity (Wildman–Crippen MR) is 169 cm³/mol. The van der Waals surface area contributed by atoms with E-state index in [0.29, 0.717) is 66.6 Å². The fourth-order valence-electron chi connectivity index (χ4n) is 8.08. The van der Waals surface area contributed by atoms with E-state index in [4.69, 9.17) is 20.9 Å². The van der Waals surface area contributed by atoms with Gasteiger partial charge in [0.2, 0.25) is 0 Å². The molecule has 47 heavy (non-hydrogen) atoms. The maximum atomic E-state index is 16.8. The Balaban J connectivity index is 1.23. The van der Waals surface area contributed by atoms with Crippen LogP contribution in [0.5, 0.6) is 6.01 Å². The third kappa shape index (κ3) is 5.17. The van der Waals surface area contributed by atoms with Crippen LogP contribution in [0.15, 0.2) is 48.7 Å². The molecular formula is C35H32F4N6O2. The van der Waals surface area contributed by atoms with Crippen LogP contribution in [0.1, 0.15) is 31.2 Å². The Morgan fingerprint density at radius 1 is 1.11 bits per heavy atom. The number of alkyl halides is 2. The average Bonchev–Trinajstić information content (AvgIpc) is 3.66. The Morgan fingerprint density at radius 3 is 2.68 bits per heavy atom. The summed E-state index contributed by atoms with van der Waals surface area (Å²) in [5.41, 5.74) is 0.695. The van der Waals surface area contributed by atoms with Gasteiger partial charge in [-0.1, -0.05) is 42.3 Å². The SMILES string of the molecule is C#Cc1c(F)ccc2cccc(-c3ncc4c(N5C[C@H]6CC[C@@H](C5)N6)nc(OC[C@]56CC(=C)CN5C[C@H](OC(F)F)C6)nc4c3F)c12. The van der Waals surface area contributed by atoms with E-state index >= 15 is 4.39 Å². The molecule has 4 saturated heterocycles. The first-order valence-electron chi connectivity index (χ1n) is 15.7. The molecular weight excluding hydrogens is 612 g/mol. The number of aromatic nitrogens is 3. The number of nitrogens with zero attached hydrogens (tertiary/aromatic N) is 5. The molecule has 1 N–H and O–H groups in total. The highest BCUT2D eigenvalue weighted by Gasteiger charge is 2.51. The van der Waals surface area contributed by atoms with Gasteiger partial charge in [-0.25, -0.2) is 8.78 Å². The van der Waals surface area contributed by atoms with Crippen LogP contribution in [0.3, 0.4) is 0 Å². The van der Waals surface area contributed by atoms with Crippen LogP contribution in [0.4, 0.5) is 23.4 Å². The van der Waals surface area contributed by atoms with Gasteiger partial charge in [0.05, 0.1) is 22.6 Å². The van der Waals surface area contributed by atoms with Crippen molar-refractivity contribution in [1.29, 1.82) is 0 Å². The molecule has 0 spiro atoms. The number of terminal acetylenes is 1. The smallest absolute Gasteiger partial charge is 0.345 e. The quantitative estimate of drug-likeness (QED) is 0.162. The van der Waals surface area contributed by atoms with Crippen LogP contribution in [-0.2, 0) is 4.74 Å². The number of hydrogen-bond acceptors (Lipinski definition) is 8. The molecule has 2 bridgehead atoms. The molecule has 4 atom stereocenters. The van der Waals surface area contributed by atoms with Crippen molar-refractivity contribution in [2.24, 2.45) is 0 Å². The molecule has 4 aromatic rings. The van der Waals surface area contributed by atoms with E-state index in [1.165, 1.54) is 6.07 Å². The summed E-state index contributed by atoms with van der Waals surface area (Å²) in [6.07, 6.45) is 9.54. The molecule has 0 unspecified atom stereocenters. The van der Waals surface area contributed by atoms with E-state index in [1.54, 1.807) is 30.5 Å². The molecule has 4 aliphatic heterocycles. The fourth-order valence-corrected chi connectivity index (χ4v) is 8.08. The number of benzene rings is 2. The monoisotopic (exact) mass is 644 g/mol. The molecule has 2 aromatic carbocycles. The van der Waals surface area contributed by atoms with Gasteiger partial charge in [0, 0.05) is 55.4 Å². The van der Waals surface area contributed by atoms with Gasteiger partial charge in [-0.05, 0) is 37.1 Å². The topological polar surface area (TPSA) is 75.6 Å². The second kappa shape index (κ2) is 11.4. The highest BCUT2D eigenvalue weighted by Crippen LogP contribution is 2.43. The van der Waals surface area contributed by atoms with Crippen LogP contribution in [0, 0.1) is 24.0 Å². The van der Waals surface area contributed by atoms with Crippen molar-refractivity contribution in [3.8, 4) is 29.6 Å². The van der Waals surface area contributed by atoms with Crippen LogP contribution in [-0.4, -0.2) is 83.0 Å². The summed E-state index contributed by atoms with van der Waals surface area (Å²) >= 11 is 0. The van der Waals surface area contributed by atoms with Gasteiger partial charge in [-0.2, -0.15) is 18.7 Å². The molecule has 6 heterocycles. The summed E-state index contributed by atoms with van der Waals surface area (Å²) in [7, 11) is 0. The maximum Gasteiger partial charge on any atom is 0.345 e. The largest absolute Gasteiger partial charge is 0.461 e. The summed E-state index contributed by atoms with van der Waals surface area (Å²) in [6.45, 7) is 3.56. The number of ether oxygens (including phenoxy) is 2. The van der Waals surface area contributed by atoms with Gasteiger partial charge in [-0.15, -0.1) is 6.42 Å². The standard InChI is InChI=1S/C35H32F4N6O2/c1-3-24-27(36)10-7-20-5-4-6-25(28(20)24)30-29(37)31-26(13-40-30)32(44-15-21-8-9-22(16-44)41-21)43-34(42-31)46-18-35-11-19(2)14-45(35)17-23(12-35)47-33(38)39/h1,4-7,10,13,21-23,33,41H,2,8-9,11-12,14-18H2/t21-,22+,23-,35-/m1/s1. The van der Waals surface area contributed by atoms with Crippen LogP contribution < -0.4 is 15.0 Å². The summed E-state index contributed by atoms with van der Waals surface area (Å²) in [5, 5.41) is 5.05. The Bertz CT molecular complexity index is 1950. The Hall–Kier alpha value is -4.31. The van der Waals surface area contributed by atoms with E-state index in [0.717, 1.165) is 18.4 Å². The lowest BCUT2D eigenvalue weighted by Crippen LogP contribution is -2.51. The number of pyridine rings is 1. The molecule has 8 nitrogen and oxygen atoms in total. The minimum absolute atomic E-state index is 0.00654. The first-order valence-corrected chi connectivity index (χ1v) is 15.7. The van der Waals surface area contributed by atoms with Crippen LogP contribution in [0.2, 0.25) is 0 Å². The highest BCUT2D eigenvalue weighted by molar-refractivity contribution is 6.02. The van der Waals surface area contributed by atoms with Crippen molar-refractivity contribution in [3.05, 3.63) is 65.9 Å². The van der Waals surface area contributed by atoms with Gasteiger partial charge in [0.1, 0.15) is 29.5 Å². The molecule has 242 valence electrons. The number of halogens is 4. The van der Waals surface area contributed by atoms with E-state index < -0.39 is 29.9 Å². The average molecular weight is 645 g/mol. The predicted octanol–water partition coefficient (Wildman–Crippen LogP) is 5.44. The zero-order valence-corrected chi connectivity index (χ0v) is 25.5. The Kier molecular flexibility index (Phi) is 7.31. The highest BCUT2D eigenvalue weighted by atomic mass is 19.3. The first kappa shape index (κ1) is 30.1. The van der Waals surface area contributed by atoms with Crippen molar-refractivity contribution in [2.75, 3.05) is 37.7 Å². The third-order valence-corrected chi connectivity index (χ3v) is 10.0. The molecule has 12 heteroatoms. The lowest BCUT2D eigenvalue weighted by Gasteiger charge is -2.34. The van der Waals surface area contributed by atoms with Crippen molar-refractivity contribution >= 4 is 27.5 Å². The van der Waals surface area contributed by atoms with Crippen molar-refractivity contribution in [1.82, 2.24) is 25.2 Å². The zero-order chi connectivity index (χ0) is 32.4. The number of piperazine rings is 1. The number of rotatable bonds is 7. The molecule has 0 radical (unpaired) electrons. The number of anilines is 1. The lowest BCUT2D eigenvalue weighted by atomic mass is 9.93. The second-order valence-electron chi connectivity index (χ2n) is 13.1. The van der Waals surface area contributed by atoms with E-state index in [1.807, 2.05) is 0 Å². The molecule has 0 saturated carbocycles. The lowest BCUT2D eigenvalue weighted by molar-refractivity contribution is -0.159. The van der Waals surface area contributed by atoms with Gasteiger partial charge in [-0.3, -0.25) is 9.88 Å². The van der Waals surface area contributed by atoms with E-state index in [9.17, 15) is 13.2 Å². The molecule has 4 aliphatic rings. The molecule has 8 rings (SSSR count). The maximum absolute atomic E-state index is 16.8. The third-order valence-electron chi connectivity index (χ3n) is 10.0. The molecule has 0 amide bonds. The van der Waals surface area contributed by atoms with Gasteiger partial charge >= 0.3 is 12.6 Å². The van der Waals surface area contributed by atoms with Crippen molar-refractivity contribution < 1.29 is 27.0 Å². The Labute approximate surface area is 268 Å². The van der Waals surface area contributed by atoms with Crippen molar-refractivity contribution in [2.45, 2.75) is 56.0 Å². The van der Waals surface area contributed by atoms with Gasteiger partial charge < -0.3 is 19.7 Å². The summed E-state index contributed by atoms with van der Waals surface area (Å²) < 4.78 is 68.9. The normalized spacial score (nSPS) is 25.7. The minimum Gasteiger partial charge on any atom is -0.461 e. The van der Waals surface area contributed by atoms with Gasteiger partial charge in [0.15, 0.2) is 5.82 Å². The van der Waals surface area contributed by atoms with E-state index in [2.05, 4.69) is 37.6 Å². The Morgan fingerprint density at radius 2 is 1.91 bits per heavy atom. The summed E-state index contributed by atoms with van der Waals surface area (Å²) in [5.74, 6) is 1.62. The van der Waals surface area contributed by atoms with Gasteiger partial charge in [0.25, 0.3) is 0 Å². The minimum atomic E-state index is -2.87. The summed E-state index contributed by atoms with van der Waals surface area (Å²) in [6, 6.07) is 8.58. The molecule has 4 fully saturated rings. The number of nitrogens with one attached hydrogen (secondary N) is 1. The number of fused-ring (bicyclic) bond motifs is 5. The second-order valence-corrected chi connectivity index (χ2v) is 13.1. The fraction of sp³-hybridized carbons (Fsp3) is 0.400. The zero-order valence-electron chi connectivity index (χ0n) is 25.5. The van der Waals surface area contributed by atoms with Crippen LogP contribution >= 0.6 is 0 Å². The summed E-state index contributed by atoms with van der Waals surface area (Å²) in [4.78, 5) is 18.1.